The van der Waals surface area contributed by atoms with Crippen LogP contribution in [0.2, 0.25) is 12.1 Å². The van der Waals surface area contributed by atoms with Gasteiger partial charge in [0.2, 0.25) is 0 Å². The second-order valence-corrected chi connectivity index (χ2v) is 24.2. The van der Waals surface area contributed by atoms with E-state index >= 15 is 0 Å². The summed E-state index contributed by atoms with van der Waals surface area (Å²) in [5, 5.41) is 8.47. The summed E-state index contributed by atoms with van der Waals surface area (Å²) in [4.78, 5) is 2.50. The average Bonchev–Trinajstić information content (AvgIpc) is 3.97. The first-order valence-electron chi connectivity index (χ1n) is 23.1. The van der Waals surface area contributed by atoms with Crippen molar-refractivity contribution in [2.75, 3.05) is 11.9 Å². The van der Waals surface area contributed by atoms with E-state index in [-0.39, 0.29) is 10.8 Å². The van der Waals surface area contributed by atoms with Gasteiger partial charge in [0.25, 0.3) is 0 Å². The first-order chi connectivity index (χ1) is 30.7. The van der Waals surface area contributed by atoms with Crippen molar-refractivity contribution in [1.82, 2.24) is 0 Å². The fourth-order valence-corrected chi connectivity index (χ4v) is 18.8. The van der Waals surface area contributed by atoms with Gasteiger partial charge in [-0.2, -0.15) is 0 Å². The maximum atomic E-state index is 2.56. The molecule has 1 saturated heterocycles. The zero-order valence-electron chi connectivity index (χ0n) is 36.9. The first-order valence-corrected chi connectivity index (χ1v) is 25.5. The fourth-order valence-electron chi connectivity index (χ4n) is 13.1. The number of hydrogen-bond donors (Lipinski definition) is 0. The maximum Gasteiger partial charge on any atom is 0.123 e. The second-order valence-electron chi connectivity index (χ2n) is 20.0. The van der Waals surface area contributed by atoms with E-state index < -0.39 is 8.07 Å². The third kappa shape index (κ3) is 4.93. The maximum absolute atomic E-state index is 2.56. The summed E-state index contributed by atoms with van der Waals surface area (Å²) in [5.74, 6) is 0. The molecule has 9 aromatic carbocycles. The van der Waals surface area contributed by atoms with Gasteiger partial charge in [0.05, 0.1) is 0 Å². The minimum atomic E-state index is -1.86. The molecular formula is C61H51NSi. The van der Waals surface area contributed by atoms with Crippen LogP contribution in [0, 0.1) is 0 Å². The zero-order valence-corrected chi connectivity index (χ0v) is 37.9. The molecule has 1 nitrogen and oxygen atoms in total. The van der Waals surface area contributed by atoms with Crippen molar-refractivity contribution in [2.45, 2.75) is 63.5 Å². The molecule has 0 atom stereocenters. The highest BCUT2D eigenvalue weighted by atomic mass is 28.3. The van der Waals surface area contributed by atoms with Gasteiger partial charge in [-0.1, -0.05) is 186 Å². The van der Waals surface area contributed by atoms with Crippen molar-refractivity contribution in [1.29, 1.82) is 0 Å². The summed E-state index contributed by atoms with van der Waals surface area (Å²) >= 11 is 0. The lowest BCUT2D eigenvalue weighted by molar-refractivity contribution is 0.660. The summed E-state index contributed by atoms with van der Waals surface area (Å²) in [6, 6.07) is 68.7. The van der Waals surface area contributed by atoms with Crippen LogP contribution in [0.15, 0.2) is 170 Å². The second kappa shape index (κ2) is 13.0. The fraction of sp³-hybridized carbons (Fsp3) is 0.180. The predicted molar refractivity (Wildman–Crippen MR) is 271 cm³/mol. The number of para-hydroxylation sites is 1. The Morgan fingerprint density at radius 3 is 1.75 bits per heavy atom. The topological polar surface area (TPSA) is 3.24 Å². The number of benzene rings is 9. The molecule has 304 valence electrons. The van der Waals surface area contributed by atoms with Crippen molar-refractivity contribution >= 4 is 51.4 Å². The number of nitrogens with zero attached hydrogens (tertiary/aromatic N) is 1. The molecule has 0 N–H and O–H groups in total. The Kier molecular flexibility index (Phi) is 7.68. The largest absolute Gasteiger partial charge is 0.345 e. The van der Waals surface area contributed by atoms with Crippen LogP contribution in [0.4, 0.5) is 11.4 Å². The molecule has 0 radical (unpaired) electrons. The molecule has 1 spiro atoms. The van der Waals surface area contributed by atoms with Crippen LogP contribution in [0.25, 0.3) is 77.2 Å². The Morgan fingerprint density at radius 1 is 0.381 bits per heavy atom. The van der Waals surface area contributed by atoms with E-state index in [1.807, 2.05) is 0 Å². The first kappa shape index (κ1) is 37.1. The molecule has 0 amide bonds. The minimum Gasteiger partial charge on any atom is -0.345 e. The SMILES string of the molecule is CN1c2ccccc2[Si]2(CCCC2)c2ccc(-c3c4ccccc4c(-c4cccc5c4-c4ccccc4C5(C)C)c4cc(-c5ccc6c(c5)C(C)(C)c5ccccc5-6)ccc34)cc21. The van der Waals surface area contributed by atoms with Crippen LogP contribution in [-0.2, 0) is 10.8 Å². The number of fused-ring (bicyclic) bond motifs is 12. The molecular weight excluding hydrogens is 775 g/mol. The van der Waals surface area contributed by atoms with Crippen molar-refractivity contribution in [3.05, 3.63) is 192 Å². The molecule has 13 rings (SSSR count). The highest BCUT2D eigenvalue weighted by molar-refractivity contribution is 7.04. The Labute approximate surface area is 372 Å². The van der Waals surface area contributed by atoms with E-state index in [1.165, 1.54) is 136 Å². The molecule has 2 heterocycles. The van der Waals surface area contributed by atoms with Crippen molar-refractivity contribution < 1.29 is 0 Å². The van der Waals surface area contributed by atoms with Gasteiger partial charge in [0, 0.05) is 29.3 Å². The van der Waals surface area contributed by atoms with E-state index in [9.17, 15) is 0 Å². The molecule has 4 aliphatic rings. The van der Waals surface area contributed by atoms with Crippen molar-refractivity contribution in [3.8, 4) is 55.6 Å². The van der Waals surface area contributed by atoms with Crippen LogP contribution in [0.5, 0.6) is 0 Å². The summed E-state index contributed by atoms with van der Waals surface area (Å²) < 4.78 is 0. The highest BCUT2D eigenvalue weighted by Gasteiger charge is 2.46. The molecule has 0 saturated carbocycles. The minimum absolute atomic E-state index is 0.0713. The Bertz CT molecular complexity index is 3430. The van der Waals surface area contributed by atoms with E-state index in [1.54, 1.807) is 10.4 Å². The van der Waals surface area contributed by atoms with E-state index in [2.05, 4.69) is 210 Å². The number of rotatable bonds is 3. The van der Waals surface area contributed by atoms with Gasteiger partial charge in [-0.15, -0.1) is 0 Å². The van der Waals surface area contributed by atoms with E-state index in [0.717, 1.165) is 0 Å². The van der Waals surface area contributed by atoms with Crippen molar-refractivity contribution in [2.24, 2.45) is 0 Å². The molecule has 0 bridgehead atoms. The molecule has 2 heteroatoms. The molecule has 0 aromatic heterocycles. The predicted octanol–water partition coefficient (Wildman–Crippen LogP) is 15.0. The van der Waals surface area contributed by atoms with Crippen LogP contribution in [-0.4, -0.2) is 15.1 Å². The van der Waals surface area contributed by atoms with Crippen LogP contribution in [0.1, 0.15) is 62.8 Å². The Morgan fingerprint density at radius 2 is 0.937 bits per heavy atom. The van der Waals surface area contributed by atoms with Gasteiger partial charge in [-0.05, 0) is 146 Å². The third-order valence-electron chi connectivity index (χ3n) is 16.2. The Hall–Kier alpha value is -6.48. The highest BCUT2D eigenvalue weighted by Crippen LogP contribution is 2.56. The molecule has 0 unspecified atom stereocenters. The number of hydrogen-bond acceptors (Lipinski definition) is 1. The Balaban J connectivity index is 1.10. The lowest BCUT2D eigenvalue weighted by Gasteiger charge is -2.41. The van der Waals surface area contributed by atoms with E-state index in [4.69, 9.17) is 0 Å². The standard InChI is InChI=1S/C61H51NSi/c1-60(2)50-23-11-9-20-46(50)59-47(21-16-24-51(59)60)58-44-19-7-6-18-43(44)57(40-29-32-56-54(37-40)62(5)53-25-12-13-26-55(53)63(56)33-14-15-34-63)45-31-28-38(35-48(45)58)39-27-30-42-41-17-8-10-22-49(41)61(3,4)52(42)36-39/h6-13,16-32,35-37H,14-15,33-34H2,1-5H3. The third-order valence-corrected chi connectivity index (χ3v) is 21.5. The molecule has 63 heavy (non-hydrogen) atoms. The monoisotopic (exact) mass is 825 g/mol. The van der Waals surface area contributed by atoms with Gasteiger partial charge >= 0.3 is 0 Å². The van der Waals surface area contributed by atoms with Gasteiger partial charge in [0.15, 0.2) is 0 Å². The molecule has 2 aliphatic carbocycles. The van der Waals surface area contributed by atoms with Gasteiger partial charge in [-0.3, -0.25) is 0 Å². The number of anilines is 2. The summed E-state index contributed by atoms with van der Waals surface area (Å²) in [7, 11) is 0.438. The molecule has 1 fully saturated rings. The molecule has 9 aromatic rings. The van der Waals surface area contributed by atoms with Crippen LogP contribution >= 0.6 is 0 Å². The summed E-state index contributed by atoms with van der Waals surface area (Å²) in [6.45, 7) is 9.58. The summed E-state index contributed by atoms with van der Waals surface area (Å²) in [5.41, 5.74) is 21.5. The van der Waals surface area contributed by atoms with Crippen LogP contribution in [0.3, 0.4) is 0 Å². The zero-order chi connectivity index (χ0) is 42.4. The van der Waals surface area contributed by atoms with Gasteiger partial charge in [-0.25, -0.2) is 0 Å². The lowest BCUT2D eigenvalue weighted by atomic mass is 9.80. The molecule has 2 aliphatic heterocycles. The van der Waals surface area contributed by atoms with Crippen molar-refractivity contribution in [3.63, 3.8) is 0 Å². The summed E-state index contributed by atoms with van der Waals surface area (Å²) in [6.07, 6.45) is 2.67. The lowest BCUT2D eigenvalue weighted by Crippen LogP contribution is -2.61. The quantitative estimate of drug-likeness (QED) is 0.127. The average molecular weight is 826 g/mol. The van der Waals surface area contributed by atoms with Crippen LogP contribution < -0.4 is 15.3 Å². The van der Waals surface area contributed by atoms with Gasteiger partial charge < -0.3 is 4.90 Å². The normalized spacial score (nSPS) is 16.7. The smallest absolute Gasteiger partial charge is 0.123 e. The van der Waals surface area contributed by atoms with Gasteiger partial charge in [0.1, 0.15) is 8.07 Å². The van der Waals surface area contributed by atoms with E-state index in [0.29, 0.717) is 0 Å².